The van der Waals surface area contributed by atoms with Crippen molar-refractivity contribution in [1.29, 1.82) is 0 Å². The number of amides is 1. The number of carbonyl (C=O) groups is 1. The molecule has 1 N–H and O–H groups in total. The molecular formula is C13H18ClNO4S. The lowest BCUT2D eigenvalue weighted by molar-refractivity contribution is 0.148. The van der Waals surface area contributed by atoms with Crippen molar-refractivity contribution in [3.05, 3.63) is 29.8 Å². The molecule has 0 bridgehead atoms. The van der Waals surface area contributed by atoms with Crippen LogP contribution in [0.2, 0.25) is 0 Å². The van der Waals surface area contributed by atoms with Crippen LogP contribution in [0.15, 0.2) is 29.2 Å². The van der Waals surface area contributed by atoms with Crippen molar-refractivity contribution < 1.29 is 17.9 Å². The van der Waals surface area contributed by atoms with Crippen LogP contribution in [0.5, 0.6) is 0 Å². The molecule has 0 fully saturated rings. The van der Waals surface area contributed by atoms with Gasteiger partial charge in [-0.3, -0.25) is 0 Å². The van der Waals surface area contributed by atoms with Crippen molar-refractivity contribution in [2.24, 2.45) is 0 Å². The fraction of sp³-hybridized carbons (Fsp3) is 0.462. The van der Waals surface area contributed by atoms with E-state index in [0.717, 1.165) is 18.4 Å². The highest BCUT2D eigenvalue weighted by molar-refractivity contribution is 8.13. The molecule has 0 aliphatic heterocycles. The number of nitrogens with one attached hydrogen (secondary N) is 1. The average Bonchev–Trinajstić information content (AvgIpc) is 2.36. The summed E-state index contributed by atoms with van der Waals surface area (Å²) in [7, 11) is 1.56. The highest BCUT2D eigenvalue weighted by Crippen LogP contribution is 2.16. The van der Waals surface area contributed by atoms with Gasteiger partial charge in [0.2, 0.25) is 0 Å². The Morgan fingerprint density at radius 3 is 2.45 bits per heavy atom. The van der Waals surface area contributed by atoms with Crippen LogP contribution in [-0.4, -0.2) is 27.2 Å². The van der Waals surface area contributed by atoms with Gasteiger partial charge in [-0.05, 0) is 44.4 Å². The SMILES string of the molecule is CCOC(=O)NC(C)CCc1ccc(S(=O)(=O)Cl)cc1. The summed E-state index contributed by atoms with van der Waals surface area (Å²) >= 11 is 0. The van der Waals surface area contributed by atoms with Crippen LogP contribution in [0.25, 0.3) is 0 Å². The maximum atomic E-state index is 11.2. The zero-order valence-electron chi connectivity index (χ0n) is 11.4. The standard InChI is InChI=1S/C13H18ClNO4S/c1-3-19-13(16)15-10(2)4-5-11-6-8-12(9-7-11)20(14,17)18/h6-10H,3-5H2,1-2H3,(H,15,16). The number of hydrogen-bond donors (Lipinski definition) is 1. The van der Waals surface area contributed by atoms with E-state index in [4.69, 9.17) is 15.4 Å². The maximum Gasteiger partial charge on any atom is 0.407 e. The van der Waals surface area contributed by atoms with Gasteiger partial charge in [0.25, 0.3) is 9.05 Å². The minimum Gasteiger partial charge on any atom is -0.450 e. The van der Waals surface area contributed by atoms with Crippen molar-refractivity contribution in [1.82, 2.24) is 5.32 Å². The highest BCUT2D eigenvalue weighted by Gasteiger charge is 2.10. The van der Waals surface area contributed by atoms with Crippen molar-refractivity contribution >= 4 is 25.8 Å². The summed E-state index contributed by atoms with van der Waals surface area (Å²) in [6.07, 6.45) is 1.02. The Labute approximate surface area is 123 Å². The van der Waals surface area contributed by atoms with Crippen LogP contribution in [-0.2, 0) is 20.2 Å². The average molecular weight is 320 g/mol. The van der Waals surface area contributed by atoms with Crippen LogP contribution in [0, 0.1) is 0 Å². The van der Waals surface area contributed by atoms with Gasteiger partial charge < -0.3 is 10.1 Å². The van der Waals surface area contributed by atoms with E-state index >= 15 is 0 Å². The van der Waals surface area contributed by atoms with Crippen LogP contribution in [0.4, 0.5) is 4.79 Å². The van der Waals surface area contributed by atoms with E-state index < -0.39 is 15.1 Å². The second-order valence-corrected chi connectivity index (χ2v) is 6.95. The van der Waals surface area contributed by atoms with E-state index in [-0.39, 0.29) is 10.9 Å². The first-order chi connectivity index (χ1) is 9.32. The second kappa shape index (κ2) is 7.50. The number of halogens is 1. The third kappa shape index (κ3) is 5.79. The zero-order valence-corrected chi connectivity index (χ0v) is 13.0. The third-order valence-corrected chi connectivity index (χ3v) is 4.08. The zero-order chi connectivity index (χ0) is 15.2. The van der Waals surface area contributed by atoms with Gasteiger partial charge in [-0.25, -0.2) is 13.2 Å². The number of hydrogen-bond acceptors (Lipinski definition) is 4. The number of ether oxygens (including phenoxy) is 1. The van der Waals surface area contributed by atoms with E-state index in [1.807, 2.05) is 6.92 Å². The largest absolute Gasteiger partial charge is 0.450 e. The van der Waals surface area contributed by atoms with Crippen LogP contribution in [0.3, 0.4) is 0 Å². The van der Waals surface area contributed by atoms with Gasteiger partial charge >= 0.3 is 6.09 Å². The lowest BCUT2D eigenvalue weighted by Crippen LogP contribution is -2.33. The molecule has 1 amide bonds. The van der Waals surface area contributed by atoms with Gasteiger partial charge in [-0.1, -0.05) is 12.1 Å². The van der Waals surface area contributed by atoms with Gasteiger partial charge in [0.05, 0.1) is 11.5 Å². The highest BCUT2D eigenvalue weighted by atomic mass is 35.7. The fourth-order valence-corrected chi connectivity index (χ4v) is 2.42. The molecule has 1 unspecified atom stereocenters. The Hall–Kier alpha value is -1.27. The third-order valence-electron chi connectivity index (χ3n) is 2.71. The van der Waals surface area contributed by atoms with Gasteiger partial charge in [0, 0.05) is 16.7 Å². The van der Waals surface area contributed by atoms with Crippen molar-refractivity contribution in [2.45, 2.75) is 37.6 Å². The predicted molar refractivity (Wildman–Crippen MR) is 77.4 cm³/mol. The minimum atomic E-state index is -3.67. The van der Waals surface area contributed by atoms with E-state index in [1.54, 1.807) is 19.1 Å². The van der Waals surface area contributed by atoms with E-state index in [1.165, 1.54) is 12.1 Å². The van der Waals surface area contributed by atoms with Gasteiger partial charge in [-0.2, -0.15) is 0 Å². The summed E-state index contributed by atoms with van der Waals surface area (Å²) in [5.74, 6) is 0. The second-order valence-electron chi connectivity index (χ2n) is 4.39. The summed E-state index contributed by atoms with van der Waals surface area (Å²) in [6, 6.07) is 6.35. The summed E-state index contributed by atoms with van der Waals surface area (Å²) in [4.78, 5) is 11.3. The molecule has 1 aromatic carbocycles. The molecule has 0 saturated carbocycles. The first-order valence-corrected chi connectivity index (χ1v) is 8.60. The smallest absolute Gasteiger partial charge is 0.407 e. The molecule has 20 heavy (non-hydrogen) atoms. The quantitative estimate of drug-likeness (QED) is 0.818. The molecule has 112 valence electrons. The Bertz CT molecular complexity index is 542. The molecule has 0 aliphatic carbocycles. The van der Waals surface area contributed by atoms with Crippen molar-refractivity contribution in [3.8, 4) is 0 Å². The monoisotopic (exact) mass is 319 g/mol. The topological polar surface area (TPSA) is 72.5 Å². The Balaban J connectivity index is 2.48. The van der Waals surface area contributed by atoms with Gasteiger partial charge in [-0.15, -0.1) is 0 Å². The first kappa shape index (κ1) is 16.8. The summed E-state index contributed by atoms with van der Waals surface area (Å²) in [5.41, 5.74) is 0.978. The number of carbonyl (C=O) groups excluding carboxylic acids is 1. The molecule has 0 saturated heterocycles. The van der Waals surface area contributed by atoms with Crippen molar-refractivity contribution in [2.75, 3.05) is 6.61 Å². The molecular weight excluding hydrogens is 302 g/mol. The lowest BCUT2D eigenvalue weighted by Gasteiger charge is -2.13. The van der Waals surface area contributed by atoms with Crippen LogP contribution >= 0.6 is 10.7 Å². The molecule has 1 atom stereocenters. The number of benzene rings is 1. The predicted octanol–water partition coefficient (Wildman–Crippen LogP) is 2.68. The molecule has 5 nitrogen and oxygen atoms in total. The lowest BCUT2D eigenvalue weighted by atomic mass is 10.1. The Morgan fingerprint density at radius 1 is 1.35 bits per heavy atom. The van der Waals surface area contributed by atoms with Crippen molar-refractivity contribution in [3.63, 3.8) is 0 Å². The molecule has 0 radical (unpaired) electrons. The normalized spacial score (nSPS) is 12.8. The van der Waals surface area contributed by atoms with E-state index in [2.05, 4.69) is 5.32 Å². The first-order valence-electron chi connectivity index (χ1n) is 6.29. The number of alkyl carbamates (subject to hydrolysis) is 1. The summed E-state index contributed by atoms with van der Waals surface area (Å²) < 4.78 is 27.0. The molecule has 0 aliphatic rings. The van der Waals surface area contributed by atoms with E-state index in [9.17, 15) is 13.2 Å². The minimum absolute atomic E-state index is 0.0227. The summed E-state index contributed by atoms with van der Waals surface area (Å²) in [5, 5.41) is 2.71. The van der Waals surface area contributed by atoms with Crippen LogP contribution in [0.1, 0.15) is 25.8 Å². The number of rotatable bonds is 6. The Kier molecular flexibility index (Phi) is 6.29. The maximum absolute atomic E-state index is 11.2. The molecule has 0 heterocycles. The molecule has 0 aromatic heterocycles. The molecule has 1 rings (SSSR count). The molecule has 7 heteroatoms. The molecule has 0 spiro atoms. The van der Waals surface area contributed by atoms with Gasteiger partial charge in [0.1, 0.15) is 0 Å². The number of aryl methyl sites for hydroxylation is 1. The summed E-state index contributed by atoms with van der Waals surface area (Å²) in [6.45, 7) is 3.97. The van der Waals surface area contributed by atoms with Crippen LogP contribution < -0.4 is 5.32 Å². The Morgan fingerprint density at radius 2 is 1.95 bits per heavy atom. The fourth-order valence-electron chi connectivity index (χ4n) is 1.65. The molecule has 1 aromatic rings. The van der Waals surface area contributed by atoms with E-state index in [0.29, 0.717) is 6.61 Å². The van der Waals surface area contributed by atoms with Gasteiger partial charge in [0.15, 0.2) is 0 Å².